The molecule has 3 aromatic carbocycles. The van der Waals surface area contributed by atoms with E-state index in [1.807, 2.05) is 35.7 Å². The Labute approximate surface area is 248 Å². The van der Waals surface area contributed by atoms with Gasteiger partial charge in [0.25, 0.3) is 5.91 Å². The molecule has 0 fully saturated rings. The Bertz CT molecular complexity index is 1740. The molecule has 1 unspecified atom stereocenters. The Morgan fingerprint density at radius 1 is 0.881 bits per heavy atom. The summed E-state index contributed by atoms with van der Waals surface area (Å²) in [5.74, 6) is 0.0784. The van der Waals surface area contributed by atoms with Crippen LogP contribution in [0.1, 0.15) is 63.5 Å². The van der Waals surface area contributed by atoms with E-state index in [0.717, 1.165) is 23.4 Å². The number of nitrogens with one attached hydrogen (secondary N) is 2. The second-order valence-corrected chi connectivity index (χ2v) is 12.1. The van der Waals surface area contributed by atoms with Gasteiger partial charge in [-0.3, -0.25) is 14.6 Å². The highest BCUT2D eigenvalue weighted by Gasteiger charge is 2.54. The van der Waals surface area contributed by atoms with Crippen LogP contribution in [0, 0.1) is 5.41 Å². The minimum Gasteiger partial charge on any atom is -0.352 e. The number of aromatic nitrogens is 2. The molecule has 2 aromatic heterocycles. The number of benzene rings is 3. The normalized spacial score (nSPS) is 19.9. The number of pyridine rings is 1. The van der Waals surface area contributed by atoms with Gasteiger partial charge in [-0.05, 0) is 59.9 Å². The van der Waals surface area contributed by atoms with Gasteiger partial charge in [-0.15, -0.1) is 11.3 Å². The number of rotatable bonds is 7. The number of carbonyl (C=O) groups excluding carboxylic acids is 2. The molecule has 3 aliphatic rings. The van der Waals surface area contributed by atoms with Crippen molar-refractivity contribution in [3.8, 4) is 11.3 Å². The molecule has 42 heavy (non-hydrogen) atoms. The molecule has 1 atom stereocenters. The Hall–Kier alpha value is -4.62. The van der Waals surface area contributed by atoms with Crippen molar-refractivity contribution < 1.29 is 9.59 Å². The maximum atomic E-state index is 13.9. The Balaban J connectivity index is 1.04. The van der Waals surface area contributed by atoms with E-state index in [-0.39, 0.29) is 23.7 Å². The van der Waals surface area contributed by atoms with E-state index in [0.29, 0.717) is 23.7 Å². The van der Waals surface area contributed by atoms with Crippen molar-refractivity contribution in [3.63, 3.8) is 0 Å². The van der Waals surface area contributed by atoms with Crippen molar-refractivity contribution >= 4 is 28.3 Å². The summed E-state index contributed by atoms with van der Waals surface area (Å²) in [4.78, 5) is 35.6. The van der Waals surface area contributed by atoms with Crippen LogP contribution in [0.2, 0.25) is 0 Å². The number of hydrogen-bond acceptors (Lipinski definition) is 5. The van der Waals surface area contributed by atoms with E-state index >= 15 is 0 Å². The van der Waals surface area contributed by atoms with Gasteiger partial charge in [0.15, 0.2) is 5.13 Å². The summed E-state index contributed by atoms with van der Waals surface area (Å²) in [5, 5.41) is 8.63. The van der Waals surface area contributed by atoms with Gasteiger partial charge in [0, 0.05) is 53.2 Å². The molecule has 0 saturated heterocycles. The maximum absolute atomic E-state index is 13.9. The Morgan fingerprint density at radius 2 is 1.55 bits per heavy atom. The minimum absolute atomic E-state index is 0.000118. The topological polar surface area (TPSA) is 84.0 Å². The largest absolute Gasteiger partial charge is 0.352 e. The SMILES string of the molecule is CC1(C(=O)Nc2nc(-c3ccc(C(=O)NCCc4ccccn4)cc3)cs2)CC2c3ccccc3C1c1ccccc12. The highest BCUT2D eigenvalue weighted by molar-refractivity contribution is 7.14. The van der Waals surface area contributed by atoms with E-state index in [4.69, 9.17) is 4.98 Å². The molecule has 2 bridgehead atoms. The molecule has 2 N–H and O–H groups in total. The highest BCUT2D eigenvalue weighted by Crippen LogP contribution is 2.61. The zero-order valence-electron chi connectivity index (χ0n) is 23.2. The minimum atomic E-state index is -0.592. The van der Waals surface area contributed by atoms with Crippen LogP contribution in [0.25, 0.3) is 11.3 Å². The maximum Gasteiger partial charge on any atom is 0.251 e. The average molecular weight is 571 g/mol. The summed E-state index contributed by atoms with van der Waals surface area (Å²) >= 11 is 1.42. The second-order valence-electron chi connectivity index (χ2n) is 11.3. The first-order valence-corrected chi connectivity index (χ1v) is 15.1. The van der Waals surface area contributed by atoms with Crippen LogP contribution in [0.5, 0.6) is 0 Å². The quantitative estimate of drug-likeness (QED) is 0.225. The van der Waals surface area contributed by atoms with Crippen LogP contribution in [0.3, 0.4) is 0 Å². The number of carbonyl (C=O) groups is 2. The van der Waals surface area contributed by atoms with Crippen molar-refractivity contribution in [1.29, 1.82) is 0 Å². The van der Waals surface area contributed by atoms with Gasteiger partial charge in [-0.1, -0.05) is 66.7 Å². The molecule has 208 valence electrons. The van der Waals surface area contributed by atoms with E-state index in [1.54, 1.807) is 18.3 Å². The standard InChI is InChI=1S/C35H30N4O2S/c1-35(20-29-25-9-2-4-11-27(25)31(35)28-12-5-3-10-26(28)29)33(41)39-34-38-30(21-42-34)22-13-15-23(16-14-22)32(40)37-19-17-24-8-6-7-18-36-24/h2-16,18,21,29,31H,17,19-20H2,1H3,(H,37,40)(H,38,39,41). The summed E-state index contributed by atoms with van der Waals surface area (Å²) in [7, 11) is 0. The van der Waals surface area contributed by atoms with Crippen LogP contribution in [-0.4, -0.2) is 28.3 Å². The predicted octanol–water partition coefficient (Wildman–Crippen LogP) is 6.80. The van der Waals surface area contributed by atoms with Crippen molar-refractivity contribution in [1.82, 2.24) is 15.3 Å². The summed E-state index contributed by atoms with van der Waals surface area (Å²) in [6, 6.07) is 30.3. The number of thiazole rings is 1. The van der Waals surface area contributed by atoms with Crippen LogP contribution in [0.15, 0.2) is 103 Å². The molecule has 6 nitrogen and oxygen atoms in total. The molecule has 3 aliphatic carbocycles. The number of amides is 2. The van der Waals surface area contributed by atoms with Gasteiger partial charge in [0.05, 0.1) is 11.1 Å². The first-order valence-electron chi connectivity index (χ1n) is 14.2. The van der Waals surface area contributed by atoms with Gasteiger partial charge < -0.3 is 10.6 Å². The van der Waals surface area contributed by atoms with E-state index in [2.05, 4.69) is 71.1 Å². The lowest BCUT2D eigenvalue weighted by Gasteiger charge is -2.50. The predicted molar refractivity (Wildman–Crippen MR) is 166 cm³/mol. The third-order valence-corrected chi connectivity index (χ3v) is 9.47. The molecule has 8 rings (SSSR count). The van der Waals surface area contributed by atoms with E-state index in [1.165, 1.54) is 33.6 Å². The molecule has 2 amide bonds. The first-order chi connectivity index (χ1) is 20.5. The fraction of sp³-hybridized carbons (Fsp3) is 0.200. The van der Waals surface area contributed by atoms with Crippen molar-refractivity contribution in [3.05, 3.63) is 136 Å². The van der Waals surface area contributed by atoms with Crippen LogP contribution < -0.4 is 10.6 Å². The molecule has 7 heteroatoms. The summed E-state index contributed by atoms with van der Waals surface area (Å²) in [6.07, 6.45) is 3.20. The lowest BCUT2D eigenvalue weighted by atomic mass is 9.52. The smallest absolute Gasteiger partial charge is 0.251 e. The number of anilines is 1. The van der Waals surface area contributed by atoms with Crippen molar-refractivity contribution in [2.45, 2.75) is 31.6 Å². The van der Waals surface area contributed by atoms with Crippen LogP contribution >= 0.6 is 11.3 Å². The van der Waals surface area contributed by atoms with E-state index < -0.39 is 5.41 Å². The molecule has 0 spiro atoms. The monoisotopic (exact) mass is 570 g/mol. The van der Waals surface area contributed by atoms with Gasteiger partial charge in [0.1, 0.15) is 0 Å². The van der Waals surface area contributed by atoms with Gasteiger partial charge in [0.2, 0.25) is 5.91 Å². The number of hydrogen-bond donors (Lipinski definition) is 2. The van der Waals surface area contributed by atoms with E-state index in [9.17, 15) is 9.59 Å². The molecule has 2 heterocycles. The first kappa shape index (κ1) is 26.3. The van der Waals surface area contributed by atoms with Crippen molar-refractivity contribution in [2.24, 2.45) is 5.41 Å². The Morgan fingerprint density at radius 3 is 2.21 bits per heavy atom. The fourth-order valence-electron chi connectivity index (χ4n) is 6.64. The molecular formula is C35H30N4O2S. The zero-order chi connectivity index (χ0) is 28.7. The molecule has 5 aromatic rings. The lowest BCUT2D eigenvalue weighted by Crippen LogP contribution is -2.47. The van der Waals surface area contributed by atoms with Crippen molar-refractivity contribution in [2.75, 3.05) is 11.9 Å². The molecule has 0 aliphatic heterocycles. The molecule has 0 radical (unpaired) electrons. The highest BCUT2D eigenvalue weighted by atomic mass is 32.1. The number of nitrogens with zero attached hydrogens (tertiary/aromatic N) is 2. The third-order valence-electron chi connectivity index (χ3n) is 8.71. The van der Waals surface area contributed by atoms with Gasteiger partial charge in [-0.2, -0.15) is 0 Å². The molecular weight excluding hydrogens is 540 g/mol. The van der Waals surface area contributed by atoms with Gasteiger partial charge in [-0.25, -0.2) is 4.98 Å². The fourth-order valence-corrected chi connectivity index (χ4v) is 7.35. The summed E-state index contributed by atoms with van der Waals surface area (Å²) in [6.45, 7) is 2.62. The lowest BCUT2D eigenvalue weighted by molar-refractivity contribution is -0.126. The summed E-state index contributed by atoms with van der Waals surface area (Å²) < 4.78 is 0. The number of fused-ring (bicyclic) bond motifs is 1. The summed E-state index contributed by atoms with van der Waals surface area (Å²) in [5.41, 5.74) is 7.79. The molecule has 0 saturated carbocycles. The Kier molecular flexibility index (Phi) is 6.67. The van der Waals surface area contributed by atoms with Gasteiger partial charge >= 0.3 is 0 Å². The van der Waals surface area contributed by atoms with Crippen LogP contribution in [0.4, 0.5) is 5.13 Å². The average Bonchev–Trinajstić information content (AvgIpc) is 3.50. The third kappa shape index (κ3) is 4.60. The zero-order valence-corrected chi connectivity index (χ0v) is 24.0. The van der Waals surface area contributed by atoms with Crippen LogP contribution in [-0.2, 0) is 11.2 Å². The second kappa shape index (κ2) is 10.7.